The van der Waals surface area contributed by atoms with Crippen molar-refractivity contribution >= 4 is 54.8 Å². The number of amides is 1. The molecule has 1 heterocycles. The standard InChI is InChI=1S/C18H15BrClF3N2O3S/c1-9-5-11-6-12(19)7-16(17(11)25(9)10(2)26)29(27,28)24-13-3-4-15(20)14(8-13)18(21,22)23/h3-4,6-9,24H,5H2,1-2H3/t9-/m0/s1. The highest BCUT2D eigenvalue weighted by molar-refractivity contribution is 9.10. The van der Waals surface area contributed by atoms with Gasteiger partial charge in [0, 0.05) is 23.1 Å². The van der Waals surface area contributed by atoms with Crippen LogP contribution in [0.5, 0.6) is 0 Å². The number of rotatable bonds is 3. The number of nitrogens with zero attached hydrogens (tertiary/aromatic N) is 1. The molecule has 5 nitrogen and oxygen atoms in total. The first-order chi connectivity index (χ1) is 13.3. The summed E-state index contributed by atoms with van der Waals surface area (Å²) >= 11 is 8.84. The molecule has 1 aliphatic rings. The first kappa shape index (κ1) is 21.9. The zero-order chi connectivity index (χ0) is 21.7. The normalized spacial score (nSPS) is 16.7. The largest absolute Gasteiger partial charge is 0.417 e. The van der Waals surface area contributed by atoms with E-state index in [1.165, 1.54) is 17.9 Å². The summed E-state index contributed by atoms with van der Waals surface area (Å²) in [6.45, 7) is 3.11. The first-order valence-electron chi connectivity index (χ1n) is 8.33. The van der Waals surface area contributed by atoms with Gasteiger partial charge in [-0.3, -0.25) is 9.52 Å². The van der Waals surface area contributed by atoms with Gasteiger partial charge in [0.2, 0.25) is 5.91 Å². The quantitative estimate of drug-likeness (QED) is 0.614. The van der Waals surface area contributed by atoms with Crippen molar-refractivity contribution in [2.45, 2.75) is 37.4 Å². The van der Waals surface area contributed by atoms with E-state index in [2.05, 4.69) is 20.7 Å². The summed E-state index contributed by atoms with van der Waals surface area (Å²) in [7, 11) is -4.31. The van der Waals surface area contributed by atoms with E-state index in [1.54, 1.807) is 13.0 Å². The fourth-order valence-corrected chi connectivity index (χ4v) is 5.57. The monoisotopic (exact) mass is 510 g/mol. The van der Waals surface area contributed by atoms with Crippen molar-refractivity contribution in [3.63, 3.8) is 0 Å². The first-order valence-corrected chi connectivity index (χ1v) is 11.0. The second-order valence-electron chi connectivity index (χ2n) is 6.65. The number of fused-ring (bicyclic) bond motifs is 1. The molecule has 0 radical (unpaired) electrons. The van der Waals surface area contributed by atoms with E-state index >= 15 is 0 Å². The highest BCUT2D eigenvalue weighted by Crippen LogP contribution is 2.41. The molecule has 0 unspecified atom stereocenters. The third-order valence-corrected chi connectivity index (χ3v) is 6.65. The molecule has 0 aliphatic carbocycles. The van der Waals surface area contributed by atoms with Gasteiger partial charge in [0.15, 0.2) is 0 Å². The Hall–Kier alpha value is -1.78. The van der Waals surface area contributed by atoms with Gasteiger partial charge in [0.1, 0.15) is 4.90 Å². The molecule has 0 saturated heterocycles. The van der Waals surface area contributed by atoms with E-state index in [1.807, 2.05) is 0 Å². The summed E-state index contributed by atoms with van der Waals surface area (Å²) < 4.78 is 68.0. The molecule has 0 aromatic heterocycles. The third kappa shape index (κ3) is 4.24. The number of anilines is 2. The van der Waals surface area contributed by atoms with Gasteiger partial charge in [-0.2, -0.15) is 13.2 Å². The zero-order valence-corrected chi connectivity index (χ0v) is 18.3. The number of halogens is 5. The van der Waals surface area contributed by atoms with Crippen LogP contribution in [0.3, 0.4) is 0 Å². The van der Waals surface area contributed by atoms with Crippen molar-refractivity contribution in [3.8, 4) is 0 Å². The number of benzene rings is 2. The number of sulfonamides is 1. The van der Waals surface area contributed by atoms with Crippen molar-refractivity contribution in [1.82, 2.24) is 0 Å². The molecule has 11 heteroatoms. The van der Waals surface area contributed by atoms with E-state index in [4.69, 9.17) is 11.6 Å². The van der Waals surface area contributed by atoms with E-state index in [0.29, 0.717) is 22.5 Å². The number of alkyl halides is 3. The molecule has 2 aromatic rings. The minimum Gasteiger partial charge on any atom is -0.308 e. The van der Waals surface area contributed by atoms with E-state index in [0.717, 1.165) is 12.1 Å². The van der Waals surface area contributed by atoms with Gasteiger partial charge in [-0.25, -0.2) is 8.42 Å². The van der Waals surface area contributed by atoms with Crippen LogP contribution in [0.1, 0.15) is 25.0 Å². The van der Waals surface area contributed by atoms with Crippen LogP contribution in [-0.2, 0) is 27.4 Å². The predicted molar refractivity (Wildman–Crippen MR) is 108 cm³/mol. The van der Waals surface area contributed by atoms with Gasteiger partial charge in [-0.15, -0.1) is 0 Å². The Morgan fingerprint density at radius 2 is 1.93 bits per heavy atom. The maximum atomic E-state index is 13.1. The maximum Gasteiger partial charge on any atom is 0.417 e. The molecule has 1 atom stereocenters. The second kappa shape index (κ2) is 7.48. The van der Waals surface area contributed by atoms with Crippen LogP contribution < -0.4 is 9.62 Å². The summed E-state index contributed by atoms with van der Waals surface area (Å²) in [5.41, 5.74) is -0.575. The lowest BCUT2D eigenvalue weighted by molar-refractivity contribution is -0.137. The highest BCUT2D eigenvalue weighted by Gasteiger charge is 2.36. The molecule has 1 N–H and O–H groups in total. The summed E-state index contributed by atoms with van der Waals surface area (Å²) in [6.07, 6.45) is -4.29. The molecule has 1 aliphatic heterocycles. The SMILES string of the molecule is CC(=O)N1c2c(cc(Br)cc2S(=O)(=O)Nc2ccc(Cl)c(C(F)(F)F)c2)C[C@@H]1C. The summed E-state index contributed by atoms with van der Waals surface area (Å²) in [5.74, 6) is -0.333. The average molecular weight is 512 g/mol. The molecule has 156 valence electrons. The van der Waals surface area contributed by atoms with Crippen molar-refractivity contribution in [1.29, 1.82) is 0 Å². The van der Waals surface area contributed by atoms with Gasteiger partial charge in [-0.1, -0.05) is 27.5 Å². The molecule has 2 aromatic carbocycles. The van der Waals surface area contributed by atoms with E-state index < -0.39 is 26.8 Å². The molecule has 0 bridgehead atoms. The molecule has 0 saturated carbocycles. The molecule has 0 fully saturated rings. The van der Waals surface area contributed by atoms with Crippen LogP contribution in [0, 0.1) is 0 Å². The van der Waals surface area contributed by atoms with Gasteiger partial charge in [-0.05, 0) is 49.2 Å². The van der Waals surface area contributed by atoms with E-state index in [-0.39, 0.29) is 28.2 Å². The van der Waals surface area contributed by atoms with E-state index in [9.17, 15) is 26.4 Å². The van der Waals surface area contributed by atoms with Crippen LogP contribution in [0.4, 0.5) is 24.5 Å². The van der Waals surface area contributed by atoms with Crippen LogP contribution >= 0.6 is 27.5 Å². The van der Waals surface area contributed by atoms with Crippen molar-refractivity contribution < 1.29 is 26.4 Å². The zero-order valence-electron chi connectivity index (χ0n) is 15.1. The minimum atomic E-state index is -4.74. The Bertz CT molecular complexity index is 1110. The van der Waals surface area contributed by atoms with Gasteiger partial charge >= 0.3 is 6.18 Å². The summed E-state index contributed by atoms with van der Waals surface area (Å²) in [5, 5.41) is -0.541. The highest BCUT2D eigenvalue weighted by atomic mass is 79.9. The van der Waals surface area contributed by atoms with Gasteiger partial charge in [0.05, 0.1) is 16.3 Å². The smallest absolute Gasteiger partial charge is 0.308 e. The fourth-order valence-electron chi connectivity index (χ4n) is 3.38. The average Bonchev–Trinajstić information content (AvgIpc) is 2.90. The van der Waals surface area contributed by atoms with Gasteiger partial charge < -0.3 is 4.90 Å². The number of carbonyl (C=O) groups excluding carboxylic acids is 1. The van der Waals surface area contributed by atoms with Crippen LogP contribution in [0.15, 0.2) is 39.7 Å². The third-order valence-electron chi connectivity index (χ3n) is 4.47. The number of nitrogens with one attached hydrogen (secondary N) is 1. The van der Waals surface area contributed by atoms with Crippen molar-refractivity contribution in [3.05, 3.63) is 51.0 Å². The molecule has 3 rings (SSSR count). The van der Waals surface area contributed by atoms with Crippen molar-refractivity contribution in [2.75, 3.05) is 9.62 Å². The lowest BCUT2D eigenvalue weighted by Crippen LogP contribution is -2.34. The Morgan fingerprint density at radius 3 is 2.52 bits per heavy atom. The van der Waals surface area contributed by atoms with Crippen molar-refractivity contribution in [2.24, 2.45) is 0 Å². The molecular formula is C18H15BrClF3N2O3S. The predicted octanol–water partition coefficient (Wildman–Crippen LogP) is 5.22. The van der Waals surface area contributed by atoms with Crippen LogP contribution in [0.2, 0.25) is 5.02 Å². The number of carbonyl (C=O) groups is 1. The van der Waals surface area contributed by atoms with Crippen LogP contribution in [0.25, 0.3) is 0 Å². The lowest BCUT2D eigenvalue weighted by atomic mass is 10.1. The molecule has 1 amide bonds. The number of hydrogen-bond donors (Lipinski definition) is 1. The van der Waals surface area contributed by atoms with Gasteiger partial charge in [0.25, 0.3) is 10.0 Å². The molecular weight excluding hydrogens is 497 g/mol. The second-order valence-corrected chi connectivity index (χ2v) is 9.63. The number of hydrogen-bond acceptors (Lipinski definition) is 3. The summed E-state index contributed by atoms with van der Waals surface area (Å²) in [6, 6.07) is 5.52. The van der Waals surface area contributed by atoms with Crippen LogP contribution in [-0.4, -0.2) is 20.4 Å². The maximum absolute atomic E-state index is 13.1. The molecule has 29 heavy (non-hydrogen) atoms. The minimum absolute atomic E-state index is 0.204. The Balaban J connectivity index is 2.10. The lowest BCUT2D eigenvalue weighted by Gasteiger charge is -2.23. The topological polar surface area (TPSA) is 66.5 Å². The molecule has 0 spiro atoms. The Kier molecular flexibility index (Phi) is 5.65. The fraction of sp³-hybridized carbons (Fsp3) is 0.278. The summed E-state index contributed by atoms with van der Waals surface area (Å²) in [4.78, 5) is 13.3. The Labute approximate surface area is 179 Å². The Morgan fingerprint density at radius 1 is 1.28 bits per heavy atom.